The summed E-state index contributed by atoms with van der Waals surface area (Å²) in [5.41, 5.74) is 0. The van der Waals surface area contributed by atoms with Gasteiger partial charge in [0.15, 0.2) is 0 Å². The van der Waals surface area contributed by atoms with E-state index in [1.165, 1.54) is 6.92 Å². The molecule has 0 aliphatic heterocycles. The largest absolute Gasteiger partial charge is 0.480 e. The highest BCUT2D eigenvalue weighted by atomic mass is 32.7. The molecule has 0 aliphatic carbocycles. The summed E-state index contributed by atoms with van der Waals surface area (Å²) in [4.78, 5) is 18.2. The van der Waals surface area contributed by atoms with E-state index in [-0.39, 0.29) is 0 Å². The first kappa shape index (κ1) is 9.01. The van der Waals surface area contributed by atoms with Crippen molar-refractivity contribution in [3.63, 3.8) is 0 Å². The van der Waals surface area contributed by atoms with Crippen molar-refractivity contribution in [3.8, 4) is 0 Å². The average Bonchev–Trinajstić information content (AvgIpc) is 1.63. The summed E-state index contributed by atoms with van der Waals surface area (Å²) in [7, 11) is -2.69. The zero-order chi connectivity index (χ0) is 7.44. The molecule has 54 valence electrons. The van der Waals surface area contributed by atoms with Gasteiger partial charge in [-0.2, -0.15) is 0 Å². The maximum atomic E-state index is 10.00. The Hall–Kier alpha value is 0.0100. The van der Waals surface area contributed by atoms with Crippen LogP contribution in [0, 0.1) is 0 Å². The van der Waals surface area contributed by atoms with Crippen molar-refractivity contribution in [2.24, 2.45) is 0 Å². The first-order chi connectivity index (χ1) is 4.04. The fourth-order valence-electron chi connectivity index (χ4n) is 0.202. The molecule has 0 fully saturated rings. The molecule has 0 heterocycles. The second kappa shape index (κ2) is 3.93. The van der Waals surface area contributed by atoms with Gasteiger partial charge in [0.25, 0.3) is 0 Å². The summed E-state index contributed by atoms with van der Waals surface area (Å²) in [6, 6.07) is 0. The lowest BCUT2D eigenvalue weighted by molar-refractivity contribution is -0.136. The minimum Gasteiger partial charge on any atom is -0.480 e. The second-order valence-electron chi connectivity index (χ2n) is 1.36. The van der Waals surface area contributed by atoms with Crippen molar-refractivity contribution in [2.45, 2.75) is 12.2 Å². The molecule has 0 spiro atoms. The van der Waals surface area contributed by atoms with Crippen molar-refractivity contribution in [1.82, 2.24) is 0 Å². The van der Waals surface area contributed by atoms with Crippen LogP contribution in [-0.4, -0.2) is 21.2 Å². The summed E-state index contributed by atoms with van der Waals surface area (Å²) >= 11 is 0.565. The van der Waals surface area contributed by atoms with Gasteiger partial charge in [-0.15, -0.1) is 0 Å². The van der Waals surface area contributed by atoms with Crippen LogP contribution in [0.5, 0.6) is 0 Å². The number of carboxylic acid groups (broad SMARTS) is 1. The standard InChI is InChI=1S/C3H7O4PS/c1-2(3(4)5)9-8(6)7/h2,8H,1H3,(H,4,5)(H,6,7). The summed E-state index contributed by atoms with van der Waals surface area (Å²) in [6.45, 7) is 1.37. The number of hydrogen-bond donors (Lipinski definition) is 2. The van der Waals surface area contributed by atoms with E-state index in [2.05, 4.69) is 0 Å². The molecule has 9 heavy (non-hydrogen) atoms. The zero-order valence-corrected chi connectivity index (χ0v) is 6.51. The third-order valence-electron chi connectivity index (χ3n) is 0.625. The fraction of sp³-hybridized carbons (Fsp3) is 0.667. The SMILES string of the molecule is CC(S[PH](=O)O)C(=O)O. The molecule has 0 aromatic rings. The van der Waals surface area contributed by atoms with E-state index in [0.717, 1.165) is 0 Å². The predicted octanol–water partition coefficient (Wildman–Crippen LogP) is 0.575. The van der Waals surface area contributed by atoms with Crippen LogP contribution in [0.3, 0.4) is 0 Å². The van der Waals surface area contributed by atoms with Crippen molar-refractivity contribution in [3.05, 3.63) is 0 Å². The highest BCUT2D eigenvalue weighted by molar-refractivity contribution is 8.50. The predicted molar refractivity (Wildman–Crippen MR) is 35.9 cm³/mol. The van der Waals surface area contributed by atoms with Crippen molar-refractivity contribution >= 4 is 24.6 Å². The quantitative estimate of drug-likeness (QED) is 0.606. The molecule has 0 saturated heterocycles. The van der Waals surface area contributed by atoms with E-state index in [1.54, 1.807) is 0 Å². The van der Waals surface area contributed by atoms with Crippen LogP contribution in [0.1, 0.15) is 6.92 Å². The van der Waals surface area contributed by atoms with Crippen LogP contribution < -0.4 is 0 Å². The number of rotatable bonds is 3. The molecule has 6 heteroatoms. The molecule has 2 atom stereocenters. The topological polar surface area (TPSA) is 74.6 Å². The van der Waals surface area contributed by atoms with Gasteiger partial charge >= 0.3 is 5.97 Å². The number of carboxylic acids is 1. The molecule has 0 rings (SSSR count). The fourth-order valence-corrected chi connectivity index (χ4v) is 1.81. The molecule has 0 radical (unpaired) electrons. The highest BCUT2D eigenvalue weighted by Gasteiger charge is 2.12. The Morgan fingerprint density at radius 1 is 1.78 bits per heavy atom. The van der Waals surface area contributed by atoms with E-state index < -0.39 is 18.4 Å². The Labute approximate surface area is 56.9 Å². The summed E-state index contributed by atoms with van der Waals surface area (Å²) in [5, 5.41) is 7.39. The first-order valence-corrected chi connectivity index (χ1v) is 5.12. The lowest BCUT2D eigenvalue weighted by atomic mass is 10.5. The lowest BCUT2D eigenvalue weighted by Crippen LogP contribution is -2.09. The Balaban J connectivity index is 3.63. The van der Waals surface area contributed by atoms with Crippen molar-refractivity contribution in [2.75, 3.05) is 0 Å². The summed E-state index contributed by atoms with van der Waals surface area (Å²) < 4.78 is 10.00. The second-order valence-corrected chi connectivity index (χ2v) is 4.59. The van der Waals surface area contributed by atoms with Crippen LogP contribution in [0.4, 0.5) is 0 Å². The minimum atomic E-state index is -2.69. The Morgan fingerprint density at radius 2 is 2.22 bits per heavy atom. The van der Waals surface area contributed by atoms with Crippen molar-refractivity contribution in [1.29, 1.82) is 0 Å². The van der Waals surface area contributed by atoms with Gasteiger partial charge in [0.05, 0.1) is 0 Å². The van der Waals surface area contributed by atoms with Gasteiger partial charge in [0.1, 0.15) is 5.25 Å². The monoisotopic (exact) mass is 170 g/mol. The van der Waals surface area contributed by atoms with Gasteiger partial charge in [-0.05, 0) is 6.92 Å². The Kier molecular flexibility index (Phi) is 3.93. The lowest BCUT2D eigenvalue weighted by Gasteiger charge is -1.99. The van der Waals surface area contributed by atoms with Crippen LogP contribution in [0.2, 0.25) is 0 Å². The molecular formula is C3H7O4PS. The van der Waals surface area contributed by atoms with Crippen LogP contribution >= 0.6 is 18.6 Å². The van der Waals surface area contributed by atoms with E-state index in [0.29, 0.717) is 11.4 Å². The third kappa shape index (κ3) is 4.51. The average molecular weight is 170 g/mol. The van der Waals surface area contributed by atoms with Gasteiger partial charge in [0, 0.05) is 0 Å². The molecule has 0 bridgehead atoms. The van der Waals surface area contributed by atoms with Gasteiger partial charge in [0.2, 0.25) is 7.23 Å². The van der Waals surface area contributed by atoms with Gasteiger partial charge in [-0.25, -0.2) is 0 Å². The van der Waals surface area contributed by atoms with Gasteiger partial charge in [-0.3, -0.25) is 9.36 Å². The normalized spacial score (nSPS) is 16.7. The minimum absolute atomic E-state index is 0.565. The molecule has 2 unspecified atom stereocenters. The number of aliphatic carboxylic acids is 1. The van der Waals surface area contributed by atoms with Crippen molar-refractivity contribution < 1.29 is 19.4 Å². The van der Waals surface area contributed by atoms with Gasteiger partial charge < -0.3 is 10.00 Å². The van der Waals surface area contributed by atoms with E-state index >= 15 is 0 Å². The van der Waals surface area contributed by atoms with E-state index in [4.69, 9.17) is 10.00 Å². The van der Waals surface area contributed by atoms with E-state index in [1.807, 2.05) is 0 Å². The number of carbonyl (C=O) groups is 1. The number of hydrogen-bond acceptors (Lipinski definition) is 3. The molecule has 0 amide bonds. The molecule has 2 N–H and O–H groups in total. The Morgan fingerprint density at radius 3 is 2.33 bits per heavy atom. The zero-order valence-electron chi connectivity index (χ0n) is 4.70. The third-order valence-corrected chi connectivity index (χ3v) is 3.05. The summed E-state index contributed by atoms with van der Waals surface area (Å²) in [5.74, 6) is -1.06. The molecule has 4 nitrogen and oxygen atoms in total. The molecule has 0 aromatic heterocycles. The highest BCUT2D eigenvalue weighted by Crippen LogP contribution is 2.36. The van der Waals surface area contributed by atoms with Crippen LogP contribution in [-0.2, 0) is 9.36 Å². The smallest absolute Gasteiger partial charge is 0.316 e. The van der Waals surface area contributed by atoms with Crippen LogP contribution in [0.15, 0.2) is 0 Å². The maximum absolute atomic E-state index is 10.00. The molecular weight excluding hydrogens is 163 g/mol. The Bertz CT molecular complexity index is 136. The molecule has 0 saturated carbocycles. The first-order valence-electron chi connectivity index (χ1n) is 2.16. The van der Waals surface area contributed by atoms with E-state index in [9.17, 15) is 9.36 Å². The molecule has 0 aliphatic rings. The molecule has 0 aromatic carbocycles. The van der Waals surface area contributed by atoms with Crippen LogP contribution in [0.25, 0.3) is 0 Å². The summed E-state index contributed by atoms with van der Waals surface area (Å²) in [6.07, 6.45) is 0. The maximum Gasteiger partial charge on any atom is 0.316 e. The van der Waals surface area contributed by atoms with Gasteiger partial charge in [-0.1, -0.05) is 11.4 Å².